The van der Waals surface area contributed by atoms with E-state index in [0.717, 1.165) is 144 Å². The molecular formula is C90H54N8. The first-order valence-electron chi connectivity index (χ1n) is 32.4. The average Bonchev–Trinajstić information content (AvgIpc) is 1.57. The minimum Gasteiger partial charge on any atom is -0.309 e. The summed E-state index contributed by atoms with van der Waals surface area (Å²) in [6.07, 6.45) is 0. The zero-order valence-electron chi connectivity index (χ0n) is 52.8. The summed E-state index contributed by atoms with van der Waals surface area (Å²) in [5.41, 5.74) is 23.7. The van der Waals surface area contributed by atoms with E-state index in [4.69, 9.17) is 21.5 Å². The molecule has 0 aliphatic heterocycles. The quantitative estimate of drug-likeness (QED) is 0.113. The Morgan fingerprint density at radius 3 is 0.959 bits per heavy atom. The summed E-state index contributed by atoms with van der Waals surface area (Å²) in [4.78, 5) is 20.5. The molecule has 0 bridgehead atoms. The maximum absolute atomic E-state index is 10.6. The molecule has 98 heavy (non-hydrogen) atoms. The normalized spacial score (nSPS) is 11.2. The Balaban J connectivity index is 0.906. The minimum atomic E-state index is 0.401. The summed E-state index contributed by atoms with van der Waals surface area (Å²) < 4.78 is 4.68. The summed E-state index contributed by atoms with van der Waals surface area (Å²) in [5, 5.41) is 25.2. The Morgan fingerprint density at radius 1 is 0.265 bits per heavy atom. The van der Waals surface area contributed by atoms with Gasteiger partial charge in [0, 0.05) is 55.2 Å². The minimum absolute atomic E-state index is 0.401. The highest BCUT2D eigenvalue weighted by atomic mass is 15.0. The lowest BCUT2D eigenvalue weighted by atomic mass is 9.94. The van der Waals surface area contributed by atoms with Crippen LogP contribution in [0.25, 0.3) is 172 Å². The van der Waals surface area contributed by atoms with Crippen molar-refractivity contribution in [1.82, 2.24) is 24.1 Å². The number of hydrogen-bond acceptors (Lipinski definition) is 5. The molecular weight excluding hydrogens is 1190 g/mol. The standard InChI is InChI=1S/C90H54N8/c1-93-70-40-34-64(35-41-70)79-55-72(98-86-48-38-67(61-22-10-4-11-23-61)52-82(86)83-53-68(39-49-87(83)98)62-24-12-5-13-25-62)43-45-77(79)90-95-88(75-29-17-16-28-74(75)73-27-15-14-26-69(73)57-92)94-89(96-90)76-44-42-71(54-78(76)63-32-30-58(56-91)31-33-63)97-84-46-36-65(59-18-6-2-7-19-59)50-80(84)81-51-66(37-47-85(81)97)60-20-8-3-9-21-60/h2-55H. The van der Waals surface area contributed by atoms with Crippen LogP contribution >= 0.6 is 0 Å². The molecule has 454 valence electrons. The van der Waals surface area contributed by atoms with Crippen molar-refractivity contribution in [2.24, 2.45) is 0 Å². The first-order valence-corrected chi connectivity index (χ1v) is 32.4. The van der Waals surface area contributed by atoms with Crippen molar-refractivity contribution in [2.75, 3.05) is 0 Å². The number of nitrogens with zero attached hydrogens (tertiary/aromatic N) is 8. The first-order chi connectivity index (χ1) is 48.4. The van der Waals surface area contributed by atoms with Crippen LogP contribution in [0, 0.1) is 29.2 Å². The third kappa shape index (κ3) is 10.4. The smallest absolute Gasteiger partial charge is 0.187 e. The van der Waals surface area contributed by atoms with E-state index in [1.54, 1.807) is 0 Å². The zero-order chi connectivity index (χ0) is 65.6. The van der Waals surface area contributed by atoms with E-state index in [1.165, 1.54) is 0 Å². The molecule has 8 heteroatoms. The van der Waals surface area contributed by atoms with Crippen LogP contribution in [0.4, 0.5) is 5.69 Å². The van der Waals surface area contributed by atoms with E-state index in [1.807, 2.05) is 121 Å². The van der Waals surface area contributed by atoms with Crippen molar-refractivity contribution in [3.63, 3.8) is 0 Å². The third-order valence-corrected chi connectivity index (χ3v) is 18.7. The van der Waals surface area contributed by atoms with Gasteiger partial charge in [-0.05, 0) is 175 Å². The van der Waals surface area contributed by atoms with Crippen LogP contribution in [-0.2, 0) is 0 Å². The second-order valence-electron chi connectivity index (χ2n) is 24.4. The van der Waals surface area contributed by atoms with Gasteiger partial charge in [-0.25, -0.2) is 19.8 Å². The van der Waals surface area contributed by atoms with Crippen molar-refractivity contribution >= 4 is 49.3 Å². The fourth-order valence-electron chi connectivity index (χ4n) is 14.0. The van der Waals surface area contributed by atoms with Crippen LogP contribution in [0.5, 0.6) is 0 Å². The van der Waals surface area contributed by atoms with Crippen molar-refractivity contribution < 1.29 is 0 Å². The Kier molecular flexibility index (Phi) is 14.5. The summed E-state index contributed by atoms with van der Waals surface area (Å²) in [6, 6.07) is 118. The average molecular weight is 1250 g/mol. The molecule has 0 saturated heterocycles. The molecule has 3 heterocycles. The molecule has 0 unspecified atom stereocenters. The Morgan fingerprint density at radius 2 is 0.592 bits per heavy atom. The van der Waals surface area contributed by atoms with Gasteiger partial charge in [-0.2, -0.15) is 10.5 Å². The molecule has 0 aliphatic rings. The molecule has 0 radical (unpaired) electrons. The summed E-state index contributed by atoms with van der Waals surface area (Å²) in [5.74, 6) is 1.22. The highest BCUT2D eigenvalue weighted by molar-refractivity contribution is 6.13. The molecule has 0 atom stereocenters. The van der Waals surface area contributed by atoms with Crippen LogP contribution in [0.3, 0.4) is 0 Å². The number of fused-ring (bicyclic) bond motifs is 6. The van der Waals surface area contributed by atoms with Crippen molar-refractivity contribution in [2.45, 2.75) is 0 Å². The number of nitriles is 2. The topological polar surface area (TPSA) is 100 Å². The number of hydrogen-bond donors (Lipinski definition) is 0. The van der Waals surface area contributed by atoms with Crippen LogP contribution in [0.15, 0.2) is 328 Å². The fraction of sp³-hybridized carbons (Fsp3) is 0. The van der Waals surface area contributed by atoms with Gasteiger partial charge >= 0.3 is 0 Å². The van der Waals surface area contributed by atoms with Gasteiger partial charge in [0.05, 0.1) is 51.9 Å². The highest BCUT2D eigenvalue weighted by Crippen LogP contribution is 2.45. The number of benzene rings is 14. The van der Waals surface area contributed by atoms with Gasteiger partial charge in [0.2, 0.25) is 0 Å². The Labute approximate surface area is 566 Å². The second kappa shape index (κ2) is 24.6. The van der Waals surface area contributed by atoms with E-state index < -0.39 is 0 Å². The maximum atomic E-state index is 10.6. The number of rotatable bonds is 12. The van der Waals surface area contributed by atoms with Crippen molar-refractivity contribution in [3.8, 4) is 136 Å². The van der Waals surface area contributed by atoms with Crippen LogP contribution in [0.1, 0.15) is 11.1 Å². The lowest BCUT2D eigenvalue weighted by Crippen LogP contribution is -2.04. The van der Waals surface area contributed by atoms with Crippen LogP contribution in [-0.4, -0.2) is 24.1 Å². The van der Waals surface area contributed by atoms with Gasteiger partial charge in [0.1, 0.15) is 0 Å². The van der Waals surface area contributed by atoms with Gasteiger partial charge in [-0.3, -0.25) is 0 Å². The monoisotopic (exact) mass is 1250 g/mol. The predicted molar refractivity (Wildman–Crippen MR) is 399 cm³/mol. The van der Waals surface area contributed by atoms with E-state index in [-0.39, 0.29) is 0 Å². The van der Waals surface area contributed by atoms with Gasteiger partial charge < -0.3 is 9.13 Å². The van der Waals surface area contributed by atoms with E-state index >= 15 is 0 Å². The lowest BCUT2D eigenvalue weighted by molar-refractivity contribution is 1.07. The highest BCUT2D eigenvalue weighted by Gasteiger charge is 2.25. The molecule has 17 rings (SSSR count). The molecule has 0 saturated carbocycles. The van der Waals surface area contributed by atoms with Gasteiger partial charge in [-0.1, -0.05) is 224 Å². The summed E-state index contributed by atoms with van der Waals surface area (Å²) >= 11 is 0. The SMILES string of the molecule is [C-]#[N+]c1ccc(-c2cc(-n3c4ccc(-c5ccccc5)cc4c4cc(-c5ccccc5)ccc43)ccc2-c2nc(-c3ccc(-n4c5ccc(-c6ccccc6)cc5c5cc(-c6ccccc6)ccc54)cc3-c3ccc(C#N)cc3)nc(-c3ccccc3-c3ccccc3C#N)n2)cc1. The molecule has 8 nitrogen and oxygen atoms in total. The third-order valence-electron chi connectivity index (χ3n) is 18.7. The summed E-state index contributed by atoms with van der Waals surface area (Å²) in [6.45, 7) is 7.99. The molecule has 0 spiro atoms. The first kappa shape index (κ1) is 58.0. The molecule has 0 aliphatic carbocycles. The second-order valence-corrected chi connectivity index (χ2v) is 24.4. The van der Waals surface area contributed by atoms with Gasteiger partial charge in [0.25, 0.3) is 0 Å². The summed E-state index contributed by atoms with van der Waals surface area (Å²) in [7, 11) is 0. The Hall–Kier alpha value is -13.8. The molecule has 0 fully saturated rings. The molecule has 3 aromatic heterocycles. The van der Waals surface area contributed by atoms with Crippen molar-refractivity contribution in [1.29, 1.82) is 10.5 Å². The Bertz CT molecular complexity index is 5590. The van der Waals surface area contributed by atoms with Crippen molar-refractivity contribution in [3.05, 3.63) is 350 Å². The van der Waals surface area contributed by atoms with E-state index in [2.05, 4.69) is 232 Å². The predicted octanol–water partition coefficient (Wildman–Crippen LogP) is 23.0. The maximum Gasteiger partial charge on any atom is 0.187 e. The largest absolute Gasteiger partial charge is 0.309 e. The van der Waals surface area contributed by atoms with E-state index in [9.17, 15) is 10.5 Å². The number of aromatic nitrogens is 5. The lowest BCUT2D eigenvalue weighted by Gasteiger charge is -2.18. The molecule has 14 aromatic carbocycles. The van der Waals surface area contributed by atoms with Crippen LogP contribution in [0.2, 0.25) is 0 Å². The van der Waals surface area contributed by atoms with Crippen LogP contribution < -0.4 is 0 Å². The molecule has 0 N–H and O–H groups in total. The zero-order valence-corrected chi connectivity index (χ0v) is 52.8. The van der Waals surface area contributed by atoms with Gasteiger partial charge in [-0.15, -0.1) is 0 Å². The molecule has 17 aromatic rings. The van der Waals surface area contributed by atoms with E-state index in [0.29, 0.717) is 39.9 Å². The van der Waals surface area contributed by atoms with Gasteiger partial charge in [0.15, 0.2) is 23.2 Å². The molecule has 0 amide bonds. The fourth-order valence-corrected chi connectivity index (χ4v) is 14.0.